The maximum absolute atomic E-state index is 14.0. The van der Waals surface area contributed by atoms with Gasteiger partial charge in [0.25, 0.3) is 5.91 Å². The van der Waals surface area contributed by atoms with E-state index in [1.807, 2.05) is 37.3 Å². The Balaban J connectivity index is 1.42. The van der Waals surface area contributed by atoms with Crippen LogP contribution in [0, 0.1) is 6.92 Å². The fourth-order valence-electron chi connectivity index (χ4n) is 5.29. The van der Waals surface area contributed by atoms with Gasteiger partial charge in [0.05, 0.1) is 17.0 Å². The summed E-state index contributed by atoms with van der Waals surface area (Å²) in [5, 5.41) is 0. The molecule has 1 unspecified atom stereocenters. The number of likely N-dealkylation sites (tertiary alicyclic amines) is 1. The highest BCUT2D eigenvalue weighted by atomic mass is 32.2. The van der Waals surface area contributed by atoms with Gasteiger partial charge in [-0.3, -0.25) is 14.5 Å². The van der Waals surface area contributed by atoms with Crippen molar-refractivity contribution in [3.8, 4) is 0 Å². The van der Waals surface area contributed by atoms with Crippen molar-refractivity contribution in [2.45, 2.75) is 49.7 Å². The number of rotatable bonds is 7. The number of anilines is 1. The van der Waals surface area contributed by atoms with Crippen LogP contribution in [0.3, 0.4) is 0 Å². The van der Waals surface area contributed by atoms with Gasteiger partial charge in [-0.25, -0.2) is 13.3 Å². The van der Waals surface area contributed by atoms with E-state index in [1.54, 1.807) is 42.5 Å². The summed E-state index contributed by atoms with van der Waals surface area (Å²) >= 11 is 0. The van der Waals surface area contributed by atoms with E-state index in [1.165, 1.54) is 9.87 Å². The zero-order valence-electron chi connectivity index (χ0n) is 20.9. The SMILES string of the molecule is Cc1ccc(N2C(=O)CC(N(C3CCN(Cc4ccccc4)CC3)S(=O)(=O)c3ccccc3)C2=O)cc1. The van der Waals surface area contributed by atoms with Crippen molar-refractivity contribution in [1.29, 1.82) is 0 Å². The minimum atomic E-state index is -4.01. The molecule has 1 atom stereocenters. The topological polar surface area (TPSA) is 78.0 Å². The molecule has 8 heteroatoms. The zero-order valence-corrected chi connectivity index (χ0v) is 21.7. The van der Waals surface area contributed by atoms with Crippen molar-refractivity contribution in [2.24, 2.45) is 0 Å². The van der Waals surface area contributed by atoms with E-state index in [9.17, 15) is 18.0 Å². The van der Waals surface area contributed by atoms with Crippen molar-refractivity contribution in [3.63, 3.8) is 0 Å². The van der Waals surface area contributed by atoms with Crippen LogP contribution in [0.1, 0.15) is 30.4 Å². The lowest BCUT2D eigenvalue weighted by atomic mass is 10.0. The predicted octanol–water partition coefficient (Wildman–Crippen LogP) is 3.98. The van der Waals surface area contributed by atoms with Crippen molar-refractivity contribution in [2.75, 3.05) is 18.0 Å². The first-order chi connectivity index (χ1) is 17.8. The third kappa shape index (κ3) is 5.23. The minimum absolute atomic E-state index is 0.135. The molecule has 2 aliphatic heterocycles. The summed E-state index contributed by atoms with van der Waals surface area (Å²) in [4.78, 5) is 30.3. The number of carbonyl (C=O) groups is 2. The fraction of sp³-hybridized carbons (Fsp3) is 0.310. The number of aryl methyl sites for hydroxylation is 1. The fourth-order valence-corrected chi connectivity index (χ4v) is 7.13. The first-order valence-corrected chi connectivity index (χ1v) is 14.1. The molecule has 0 aliphatic carbocycles. The molecule has 2 aliphatic rings. The van der Waals surface area contributed by atoms with Gasteiger partial charge < -0.3 is 0 Å². The lowest BCUT2D eigenvalue weighted by Gasteiger charge is -2.39. The number of hydrogen-bond acceptors (Lipinski definition) is 5. The van der Waals surface area contributed by atoms with Gasteiger partial charge in [0.1, 0.15) is 6.04 Å². The van der Waals surface area contributed by atoms with Crippen LogP contribution in [-0.2, 0) is 26.2 Å². The smallest absolute Gasteiger partial charge is 0.252 e. The molecule has 2 fully saturated rings. The number of carbonyl (C=O) groups excluding carboxylic acids is 2. The molecule has 192 valence electrons. The third-order valence-corrected chi connectivity index (χ3v) is 9.18. The van der Waals surface area contributed by atoms with E-state index in [4.69, 9.17) is 0 Å². The summed E-state index contributed by atoms with van der Waals surface area (Å²) in [5.41, 5.74) is 2.69. The minimum Gasteiger partial charge on any atom is -0.299 e. The molecule has 2 amide bonds. The molecule has 0 radical (unpaired) electrons. The molecule has 0 spiro atoms. The number of piperidine rings is 1. The molecule has 0 aromatic heterocycles. The second-order valence-electron chi connectivity index (χ2n) is 9.76. The Labute approximate surface area is 218 Å². The van der Waals surface area contributed by atoms with Crippen LogP contribution < -0.4 is 4.90 Å². The summed E-state index contributed by atoms with van der Waals surface area (Å²) in [6.45, 7) is 4.13. The average molecular weight is 518 g/mol. The molecule has 37 heavy (non-hydrogen) atoms. The highest BCUT2D eigenvalue weighted by molar-refractivity contribution is 7.89. The number of benzene rings is 3. The standard InChI is InChI=1S/C29H31N3O4S/c1-22-12-14-24(15-13-22)31-28(33)20-27(29(31)34)32(37(35,36)26-10-6-3-7-11-26)25-16-18-30(19-17-25)21-23-8-4-2-5-9-23/h2-15,25,27H,16-21H2,1H3. The normalized spacial score (nSPS) is 19.6. The maximum Gasteiger partial charge on any atom is 0.252 e. The first kappa shape index (κ1) is 25.3. The quantitative estimate of drug-likeness (QED) is 0.443. The highest BCUT2D eigenvalue weighted by Crippen LogP contribution is 2.33. The van der Waals surface area contributed by atoms with Crippen LogP contribution in [0.5, 0.6) is 0 Å². The molecule has 0 saturated carbocycles. The molecular weight excluding hydrogens is 486 g/mol. The third-order valence-electron chi connectivity index (χ3n) is 7.21. The van der Waals surface area contributed by atoms with E-state index in [0.29, 0.717) is 31.6 Å². The van der Waals surface area contributed by atoms with Crippen molar-refractivity contribution >= 4 is 27.5 Å². The monoisotopic (exact) mass is 517 g/mol. The van der Waals surface area contributed by atoms with E-state index in [0.717, 1.165) is 17.0 Å². The Kier molecular flexibility index (Phi) is 7.24. The van der Waals surface area contributed by atoms with Gasteiger partial charge in [-0.05, 0) is 49.6 Å². The Morgan fingerprint density at radius 1 is 0.838 bits per heavy atom. The Bertz CT molecular complexity index is 1350. The van der Waals surface area contributed by atoms with Gasteiger partial charge in [-0.1, -0.05) is 66.2 Å². The highest BCUT2D eigenvalue weighted by Gasteiger charge is 2.49. The number of sulfonamides is 1. The van der Waals surface area contributed by atoms with Gasteiger partial charge in [-0.2, -0.15) is 4.31 Å². The van der Waals surface area contributed by atoms with Gasteiger partial charge in [0.15, 0.2) is 0 Å². The second-order valence-corrected chi connectivity index (χ2v) is 11.6. The molecule has 3 aromatic carbocycles. The molecule has 2 saturated heterocycles. The summed E-state index contributed by atoms with van der Waals surface area (Å²) in [5.74, 6) is -0.867. The van der Waals surface area contributed by atoms with Gasteiger partial charge in [0.2, 0.25) is 15.9 Å². The second kappa shape index (κ2) is 10.6. The van der Waals surface area contributed by atoms with Crippen LogP contribution in [0.4, 0.5) is 5.69 Å². The Morgan fingerprint density at radius 3 is 2.05 bits per heavy atom. The summed E-state index contributed by atoms with van der Waals surface area (Å²) in [6.07, 6.45) is 1.01. The molecule has 7 nitrogen and oxygen atoms in total. The maximum atomic E-state index is 14.0. The van der Waals surface area contributed by atoms with Gasteiger partial charge >= 0.3 is 0 Å². The summed E-state index contributed by atoms with van der Waals surface area (Å²) < 4.78 is 29.3. The predicted molar refractivity (Wildman–Crippen MR) is 142 cm³/mol. The largest absolute Gasteiger partial charge is 0.299 e. The van der Waals surface area contributed by atoms with Crippen molar-refractivity contribution in [3.05, 3.63) is 96.1 Å². The van der Waals surface area contributed by atoms with E-state index in [-0.39, 0.29) is 23.3 Å². The van der Waals surface area contributed by atoms with Crippen molar-refractivity contribution in [1.82, 2.24) is 9.21 Å². The lowest BCUT2D eigenvalue weighted by Crippen LogP contribution is -2.53. The van der Waals surface area contributed by atoms with Gasteiger partial charge in [-0.15, -0.1) is 0 Å². The molecule has 0 bridgehead atoms. The van der Waals surface area contributed by atoms with Crippen LogP contribution in [0.2, 0.25) is 0 Å². The number of amides is 2. The Hall–Kier alpha value is -3.33. The Morgan fingerprint density at radius 2 is 1.43 bits per heavy atom. The zero-order chi connectivity index (χ0) is 26.0. The average Bonchev–Trinajstić information content (AvgIpc) is 3.20. The van der Waals surface area contributed by atoms with E-state index in [2.05, 4.69) is 17.0 Å². The lowest BCUT2D eigenvalue weighted by molar-refractivity contribution is -0.122. The number of nitrogens with zero attached hydrogens (tertiary/aromatic N) is 3. The van der Waals surface area contributed by atoms with Crippen LogP contribution in [-0.4, -0.2) is 54.6 Å². The van der Waals surface area contributed by atoms with E-state index < -0.39 is 22.0 Å². The van der Waals surface area contributed by atoms with Crippen LogP contribution in [0.15, 0.2) is 89.8 Å². The number of hydrogen-bond donors (Lipinski definition) is 0. The molecule has 5 rings (SSSR count). The van der Waals surface area contributed by atoms with E-state index >= 15 is 0 Å². The molecule has 3 aromatic rings. The summed E-state index contributed by atoms with van der Waals surface area (Å²) in [6, 6.07) is 24.1. The first-order valence-electron chi connectivity index (χ1n) is 12.6. The van der Waals surface area contributed by atoms with Crippen molar-refractivity contribution < 1.29 is 18.0 Å². The van der Waals surface area contributed by atoms with Crippen LogP contribution >= 0.6 is 0 Å². The molecule has 2 heterocycles. The summed E-state index contributed by atoms with van der Waals surface area (Å²) in [7, 11) is -4.01. The molecular formula is C29H31N3O4S. The van der Waals surface area contributed by atoms with Crippen LogP contribution in [0.25, 0.3) is 0 Å². The van der Waals surface area contributed by atoms with Gasteiger partial charge in [0, 0.05) is 25.7 Å². The molecule has 0 N–H and O–H groups in total. The number of imide groups is 1.